The van der Waals surface area contributed by atoms with Crippen LogP contribution >= 0.6 is 11.8 Å². The molecule has 0 unspecified atom stereocenters. The number of rotatable bonds is 3. The van der Waals surface area contributed by atoms with Crippen molar-refractivity contribution in [1.29, 1.82) is 0 Å². The summed E-state index contributed by atoms with van der Waals surface area (Å²) in [4.78, 5) is 2.47. The lowest BCUT2D eigenvalue weighted by molar-refractivity contribution is 0.321. The number of benzene rings is 2. The van der Waals surface area contributed by atoms with Crippen LogP contribution in [0, 0.1) is 0 Å². The molecule has 3 rings (SSSR count). The third-order valence-corrected chi connectivity index (χ3v) is 4.34. The summed E-state index contributed by atoms with van der Waals surface area (Å²) < 4.78 is 0. The van der Waals surface area contributed by atoms with E-state index in [2.05, 4.69) is 53.7 Å². The number of hydrogen-bond donors (Lipinski definition) is 1. The Kier molecular flexibility index (Phi) is 3.88. The molecule has 0 amide bonds. The van der Waals surface area contributed by atoms with Gasteiger partial charge in [0.25, 0.3) is 0 Å². The molecule has 1 N–H and O–H groups in total. The van der Waals surface area contributed by atoms with Crippen molar-refractivity contribution >= 4 is 24.1 Å². The van der Waals surface area contributed by atoms with Gasteiger partial charge in [0.15, 0.2) is 0 Å². The van der Waals surface area contributed by atoms with Gasteiger partial charge in [0.2, 0.25) is 0 Å². The number of oxime groups is 1. The van der Waals surface area contributed by atoms with Crippen LogP contribution in [0.2, 0.25) is 0 Å². The first kappa shape index (κ1) is 13.0. The van der Waals surface area contributed by atoms with Crippen molar-refractivity contribution in [1.82, 2.24) is 0 Å². The SMILES string of the molecule is O/N=C/C1=Cc2cc(Sc3ccccc3)ccc2CC1. The summed E-state index contributed by atoms with van der Waals surface area (Å²) in [6, 6.07) is 16.9. The molecule has 0 aliphatic heterocycles. The average molecular weight is 281 g/mol. The standard InChI is InChI=1S/C17H15NOS/c19-18-12-13-6-7-14-8-9-17(11-15(14)10-13)20-16-4-2-1-3-5-16/h1-5,8-12,19H,6-7H2/b18-12+. The maximum atomic E-state index is 8.64. The monoisotopic (exact) mass is 281 g/mol. The van der Waals surface area contributed by atoms with Crippen molar-refractivity contribution < 1.29 is 5.21 Å². The van der Waals surface area contributed by atoms with Crippen molar-refractivity contribution in [3.8, 4) is 0 Å². The summed E-state index contributed by atoms with van der Waals surface area (Å²) in [6.45, 7) is 0. The normalized spacial score (nSPS) is 14.1. The molecule has 0 spiro atoms. The Morgan fingerprint density at radius 2 is 1.85 bits per heavy atom. The Morgan fingerprint density at radius 3 is 2.65 bits per heavy atom. The highest BCUT2D eigenvalue weighted by Gasteiger charge is 2.10. The fourth-order valence-corrected chi connectivity index (χ4v) is 3.24. The van der Waals surface area contributed by atoms with E-state index in [1.54, 1.807) is 11.8 Å². The molecule has 0 heterocycles. The molecular weight excluding hydrogens is 266 g/mol. The Bertz CT molecular complexity index is 662. The minimum Gasteiger partial charge on any atom is -0.411 e. The first-order valence-electron chi connectivity index (χ1n) is 6.59. The Morgan fingerprint density at radius 1 is 1.00 bits per heavy atom. The van der Waals surface area contributed by atoms with Crippen LogP contribution in [0.15, 0.2) is 69.1 Å². The summed E-state index contributed by atoms with van der Waals surface area (Å²) in [7, 11) is 0. The molecule has 3 heteroatoms. The highest BCUT2D eigenvalue weighted by Crippen LogP contribution is 2.31. The number of nitrogens with zero attached hydrogens (tertiary/aromatic N) is 1. The van der Waals surface area contributed by atoms with E-state index in [1.807, 2.05) is 6.07 Å². The Labute approximate surface area is 122 Å². The van der Waals surface area contributed by atoms with Crippen LogP contribution in [0.4, 0.5) is 0 Å². The highest BCUT2D eigenvalue weighted by molar-refractivity contribution is 7.99. The third-order valence-electron chi connectivity index (χ3n) is 3.34. The van der Waals surface area contributed by atoms with Gasteiger partial charge in [0.1, 0.15) is 0 Å². The van der Waals surface area contributed by atoms with Crippen LogP contribution in [-0.4, -0.2) is 11.4 Å². The fourth-order valence-electron chi connectivity index (χ4n) is 2.35. The molecule has 2 aromatic rings. The smallest absolute Gasteiger partial charge is 0.0693 e. The Hall–Kier alpha value is -2.00. The van der Waals surface area contributed by atoms with Gasteiger partial charge in [0.05, 0.1) is 6.21 Å². The third kappa shape index (κ3) is 2.94. The zero-order valence-electron chi connectivity index (χ0n) is 11.0. The Balaban J connectivity index is 1.88. The second-order valence-electron chi connectivity index (χ2n) is 4.74. The largest absolute Gasteiger partial charge is 0.411 e. The molecule has 100 valence electrons. The molecule has 1 aliphatic carbocycles. The van der Waals surface area contributed by atoms with Crippen LogP contribution < -0.4 is 0 Å². The molecule has 0 saturated carbocycles. The average Bonchev–Trinajstić information content (AvgIpc) is 2.48. The topological polar surface area (TPSA) is 32.6 Å². The molecule has 2 nitrogen and oxygen atoms in total. The summed E-state index contributed by atoms with van der Waals surface area (Å²) in [5, 5.41) is 11.8. The molecule has 20 heavy (non-hydrogen) atoms. The van der Waals surface area contributed by atoms with E-state index in [1.165, 1.54) is 27.1 Å². The van der Waals surface area contributed by atoms with Crippen LogP contribution in [0.25, 0.3) is 6.08 Å². The zero-order valence-corrected chi connectivity index (χ0v) is 11.8. The maximum absolute atomic E-state index is 8.64. The molecule has 2 aromatic carbocycles. The number of allylic oxidation sites excluding steroid dienone is 1. The zero-order chi connectivity index (χ0) is 13.8. The van der Waals surface area contributed by atoms with E-state index in [9.17, 15) is 0 Å². The van der Waals surface area contributed by atoms with Gasteiger partial charge in [-0.25, -0.2) is 0 Å². The molecule has 0 aromatic heterocycles. The summed E-state index contributed by atoms with van der Waals surface area (Å²) in [5.41, 5.74) is 3.66. The predicted octanol–water partition coefficient (Wildman–Crippen LogP) is 4.63. The van der Waals surface area contributed by atoms with E-state index in [4.69, 9.17) is 5.21 Å². The molecule has 1 aliphatic rings. The quantitative estimate of drug-likeness (QED) is 0.505. The van der Waals surface area contributed by atoms with Crippen molar-refractivity contribution in [3.63, 3.8) is 0 Å². The predicted molar refractivity (Wildman–Crippen MR) is 83.6 cm³/mol. The summed E-state index contributed by atoms with van der Waals surface area (Å²) >= 11 is 1.76. The van der Waals surface area contributed by atoms with Gasteiger partial charge in [-0.15, -0.1) is 0 Å². The maximum Gasteiger partial charge on any atom is 0.0693 e. The van der Waals surface area contributed by atoms with Crippen molar-refractivity contribution in [2.45, 2.75) is 22.6 Å². The lowest BCUT2D eigenvalue weighted by Crippen LogP contribution is -2.00. The molecule has 0 radical (unpaired) electrons. The van der Waals surface area contributed by atoms with Crippen LogP contribution in [-0.2, 0) is 6.42 Å². The van der Waals surface area contributed by atoms with Gasteiger partial charge in [-0.2, -0.15) is 0 Å². The van der Waals surface area contributed by atoms with Crippen LogP contribution in [0.1, 0.15) is 17.5 Å². The van der Waals surface area contributed by atoms with Crippen LogP contribution in [0.3, 0.4) is 0 Å². The molecule has 0 saturated heterocycles. The lowest BCUT2D eigenvalue weighted by atomic mass is 9.93. The number of fused-ring (bicyclic) bond motifs is 1. The number of aryl methyl sites for hydroxylation is 1. The molecule has 0 fully saturated rings. The fraction of sp³-hybridized carbons (Fsp3) is 0.118. The summed E-state index contributed by atoms with van der Waals surface area (Å²) in [5.74, 6) is 0. The minimum absolute atomic E-state index is 0.933. The first-order valence-corrected chi connectivity index (χ1v) is 7.40. The van der Waals surface area contributed by atoms with E-state index < -0.39 is 0 Å². The summed E-state index contributed by atoms with van der Waals surface area (Å²) in [6.07, 6.45) is 5.57. The highest BCUT2D eigenvalue weighted by atomic mass is 32.2. The van der Waals surface area contributed by atoms with Crippen molar-refractivity contribution in [3.05, 3.63) is 65.2 Å². The van der Waals surface area contributed by atoms with Gasteiger partial charge in [-0.05, 0) is 59.9 Å². The minimum atomic E-state index is 0.933. The molecule has 0 atom stereocenters. The first-order chi connectivity index (χ1) is 9.85. The second-order valence-corrected chi connectivity index (χ2v) is 5.89. The van der Waals surface area contributed by atoms with Crippen LogP contribution in [0.5, 0.6) is 0 Å². The van der Waals surface area contributed by atoms with Gasteiger partial charge in [-0.3, -0.25) is 0 Å². The van der Waals surface area contributed by atoms with Crippen molar-refractivity contribution in [2.75, 3.05) is 0 Å². The van der Waals surface area contributed by atoms with Crippen molar-refractivity contribution in [2.24, 2.45) is 5.16 Å². The van der Waals surface area contributed by atoms with Gasteiger partial charge in [-0.1, -0.05) is 41.2 Å². The van der Waals surface area contributed by atoms with Gasteiger partial charge < -0.3 is 5.21 Å². The van der Waals surface area contributed by atoms with E-state index >= 15 is 0 Å². The van der Waals surface area contributed by atoms with Gasteiger partial charge >= 0.3 is 0 Å². The number of hydrogen-bond acceptors (Lipinski definition) is 3. The van der Waals surface area contributed by atoms with E-state index in [-0.39, 0.29) is 0 Å². The molecule has 0 bridgehead atoms. The van der Waals surface area contributed by atoms with Gasteiger partial charge in [0, 0.05) is 9.79 Å². The lowest BCUT2D eigenvalue weighted by Gasteiger charge is -2.15. The van der Waals surface area contributed by atoms with E-state index in [0.717, 1.165) is 18.4 Å². The second kappa shape index (κ2) is 5.97. The molecular formula is C17H15NOS. The van der Waals surface area contributed by atoms with E-state index in [0.29, 0.717) is 0 Å².